The number of carbonyl (C=O) groups is 1. The van der Waals surface area contributed by atoms with Crippen molar-refractivity contribution in [3.63, 3.8) is 0 Å². The molecule has 0 spiro atoms. The Balaban J connectivity index is 1.95. The molecule has 1 N–H and O–H groups in total. The number of anilines is 1. The Bertz CT molecular complexity index is 698. The fourth-order valence-electron chi connectivity index (χ4n) is 1.90. The number of benzene rings is 2. The van der Waals surface area contributed by atoms with E-state index in [9.17, 15) is 4.79 Å². The minimum absolute atomic E-state index is 0.0532. The summed E-state index contributed by atoms with van der Waals surface area (Å²) in [6.07, 6.45) is 0. The van der Waals surface area contributed by atoms with E-state index in [1.165, 1.54) is 11.2 Å². The fraction of sp³-hybridized carbons (Fsp3) is 0.0667. The molecule has 0 saturated carbocycles. The molecule has 0 aliphatic heterocycles. The van der Waals surface area contributed by atoms with Crippen LogP contribution >= 0.6 is 0 Å². The van der Waals surface area contributed by atoms with Gasteiger partial charge in [0.25, 0.3) is 0 Å². The number of amides is 1. The summed E-state index contributed by atoms with van der Waals surface area (Å²) in [5, 5.41) is 2.77. The monoisotopic (exact) mass is 316 g/mol. The van der Waals surface area contributed by atoms with E-state index < -0.39 is 0 Å². The van der Waals surface area contributed by atoms with Crippen molar-refractivity contribution < 1.29 is 4.79 Å². The Morgan fingerprint density at radius 1 is 1.11 bits per heavy atom. The second-order valence-corrected chi connectivity index (χ2v) is 6.41. The summed E-state index contributed by atoms with van der Waals surface area (Å²) in [6.45, 7) is 1.51. The molecule has 3 nitrogen and oxygen atoms in total. The molecule has 0 aliphatic rings. The van der Waals surface area contributed by atoms with Crippen molar-refractivity contribution in [2.45, 2.75) is 6.92 Å². The maximum atomic E-state index is 11.0. The average molecular weight is 315 g/mol. The normalized spacial score (nSPS) is 10.6. The molecule has 3 rings (SSSR count). The summed E-state index contributed by atoms with van der Waals surface area (Å²) >= 11 is 0.270. The topological polar surface area (TPSA) is 42.0 Å². The van der Waals surface area contributed by atoms with Gasteiger partial charge in [0.1, 0.15) is 0 Å². The first-order valence-electron chi connectivity index (χ1n) is 5.96. The molecular weight excluding hydrogens is 303 g/mol. The third-order valence-corrected chi connectivity index (χ3v) is 5.02. The van der Waals surface area contributed by atoms with Crippen LogP contribution in [-0.4, -0.2) is 25.4 Å². The van der Waals surface area contributed by atoms with E-state index in [2.05, 4.69) is 28.5 Å². The molecule has 19 heavy (non-hydrogen) atoms. The maximum absolute atomic E-state index is 11.0. The molecule has 0 aliphatic carbocycles. The van der Waals surface area contributed by atoms with Gasteiger partial charge >= 0.3 is 117 Å². The molecule has 0 atom stereocenters. The van der Waals surface area contributed by atoms with Crippen LogP contribution in [0, 0.1) is 0 Å². The SMILES string of the molecule is CC(=O)Nc1ccc(-c2nc3ccccc3[se]2)cc1. The number of para-hydroxylation sites is 1. The number of fused-ring (bicyclic) bond motifs is 1. The van der Waals surface area contributed by atoms with E-state index >= 15 is 0 Å². The number of hydrogen-bond acceptors (Lipinski definition) is 2. The Morgan fingerprint density at radius 2 is 1.84 bits per heavy atom. The van der Waals surface area contributed by atoms with E-state index in [1.54, 1.807) is 0 Å². The van der Waals surface area contributed by atoms with Crippen molar-refractivity contribution in [1.29, 1.82) is 0 Å². The fourth-order valence-corrected chi connectivity index (χ4v) is 3.93. The number of aromatic nitrogens is 1. The average Bonchev–Trinajstić information content (AvgIpc) is 2.82. The number of nitrogens with zero attached hydrogens (tertiary/aromatic N) is 1. The summed E-state index contributed by atoms with van der Waals surface area (Å²) in [5.74, 6) is -0.0532. The van der Waals surface area contributed by atoms with Gasteiger partial charge in [0.2, 0.25) is 0 Å². The zero-order valence-electron chi connectivity index (χ0n) is 10.4. The van der Waals surface area contributed by atoms with Crippen LogP contribution in [0.4, 0.5) is 5.69 Å². The van der Waals surface area contributed by atoms with Crippen LogP contribution in [0.3, 0.4) is 0 Å². The van der Waals surface area contributed by atoms with Crippen LogP contribution in [0.5, 0.6) is 0 Å². The first-order chi connectivity index (χ1) is 9.22. The Hall–Kier alpha value is -1.90. The van der Waals surface area contributed by atoms with Crippen LogP contribution < -0.4 is 5.32 Å². The van der Waals surface area contributed by atoms with Crippen molar-refractivity contribution in [2.75, 3.05) is 5.32 Å². The quantitative estimate of drug-likeness (QED) is 0.739. The summed E-state index contributed by atoms with van der Waals surface area (Å²) < 4.78 is 2.47. The number of nitrogens with one attached hydrogen (secondary N) is 1. The van der Waals surface area contributed by atoms with Crippen LogP contribution in [0.15, 0.2) is 48.5 Å². The molecule has 0 fully saturated rings. The molecular formula is C15H12N2OSe. The Labute approximate surface area is 117 Å². The van der Waals surface area contributed by atoms with Gasteiger partial charge in [-0.25, -0.2) is 0 Å². The van der Waals surface area contributed by atoms with Crippen molar-refractivity contribution in [1.82, 2.24) is 4.98 Å². The second kappa shape index (κ2) is 5.00. The van der Waals surface area contributed by atoms with Gasteiger partial charge in [-0.05, 0) is 0 Å². The number of rotatable bonds is 2. The second-order valence-electron chi connectivity index (χ2n) is 4.25. The van der Waals surface area contributed by atoms with E-state index in [4.69, 9.17) is 0 Å². The molecule has 0 saturated heterocycles. The van der Waals surface area contributed by atoms with Crippen molar-refractivity contribution >= 4 is 35.9 Å². The number of carbonyl (C=O) groups excluding carboxylic acids is 1. The Morgan fingerprint density at radius 3 is 2.53 bits per heavy atom. The third kappa shape index (κ3) is 2.60. The van der Waals surface area contributed by atoms with Crippen molar-refractivity contribution in [3.05, 3.63) is 48.5 Å². The summed E-state index contributed by atoms with van der Waals surface area (Å²) in [6, 6.07) is 16.1. The molecule has 0 unspecified atom stereocenters. The molecule has 1 heterocycles. The van der Waals surface area contributed by atoms with E-state index in [1.807, 2.05) is 30.3 Å². The van der Waals surface area contributed by atoms with Crippen molar-refractivity contribution in [2.24, 2.45) is 0 Å². The van der Waals surface area contributed by atoms with Gasteiger partial charge in [-0.1, -0.05) is 0 Å². The van der Waals surface area contributed by atoms with Crippen LogP contribution in [0.1, 0.15) is 6.92 Å². The molecule has 2 aromatic carbocycles. The predicted octanol–water partition coefficient (Wildman–Crippen LogP) is 2.92. The van der Waals surface area contributed by atoms with E-state index in [0.29, 0.717) is 0 Å². The van der Waals surface area contributed by atoms with Gasteiger partial charge < -0.3 is 0 Å². The molecule has 0 bridgehead atoms. The van der Waals surface area contributed by atoms with Crippen LogP contribution in [0.2, 0.25) is 0 Å². The van der Waals surface area contributed by atoms with E-state index in [-0.39, 0.29) is 20.4 Å². The first-order valence-corrected chi connectivity index (χ1v) is 7.67. The van der Waals surface area contributed by atoms with Gasteiger partial charge in [-0.15, -0.1) is 0 Å². The van der Waals surface area contributed by atoms with Crippen LogP contribution in [-0.2, 0) is 4.79 Å². The first kappa shape index (κ1) is 12.1. The predicted molar refractivity (Wildman–Crippen MR) is 78.4 cm³/mol. The molecule has 0 radical (unpaired) electrons. The van der Waals surface area contributed by atoms with Gasteiger partial charge in [-0.3, -0.25) is 0 Å². The van der Waals surface area contributed by atoms with Crippen LogP contribution in [0.25, 0.3) is 19.9 Å². The molecule has 4 heteroatoms. The number of hydrogen-bond donors (Lipinski definition) is 1. The Kier molecular flexibility index (Phi) is 3.20. The molecule has 1 amide bonds. The van der Waals surface area contributed by atoms with Crippen molar-refractivity contribution in [3.8, 4) is 10.1 Å². The summed E-state index contributed by atoms with van der Waals surface area (Å²) in [4.78, 5) is 15.6. The molecule has 1 aromatic heterocycles. The molecule has 94 valence electrons. The van der Waals surface area contributed by atoms with E-state index in [0.717, 1.165) is 21.3 Å². The summed E-state index contributed by atoms with van der Waals surface area (Å²) in [5.41, 5.74) is 3.04. The summed E-state index contributed by atoms with van der Waals surface area (Å²) in [7, 11) is 0. The third-order valence-electron chi connectivity index (χ3n) is 2.75. The standard InChI is InChI=1S/C15H12N2OSe/c1-10(18)16-12-8-6-11(7-9-12)15-17-13-4-2-3-5-14(13)19-15/h2-9H,1H3,(H,16,18). The van der Waals surface area contributed by atoms with Gasteiger partial charge in [-0.2, -0.15) is 0 Å². The van der Waals surface area contributed by atoms with Gasteiger partial charge in [0, 0.05) is 0 Å². The van der Waals surface area contributed by atoms with Gasteiger partial charge in [0.05, 0.1) is 0 Å². The zero-order valence-corrected chi connectivity index (χ0v) is 12.1. The molecule has 3 aromatic rings. The minimum atomic E-state index is -0.0532. The van der Waals surface area contributed by atoms with Gasteiger partial charge in [0.15, 0.2) is 0 Å². The zero-order chi connectivity index (χ0) is 13.2.